The van der Waals surface area contributed by atoms with Crippen molar-refractivity contribution in [1.29, 1.82) is 0 Å². The van der Waals surface area contributed by atoms with Crippen LogP contribution in [0.1, 0.15) is 5.69 Å². The Morgan fingerprint density at radius 2 is 0.754 bits per heavy atom. The van der Waals surface area contributed by atoms with Gasteiger partial charge in [0.1, 0.15) is 0 Å². The molecule has 0 saturated carbocycles. The topological polar surface area (TPSA) is 51.6 Å². The summed E-state index contributed by atoms with van der Waals surface area (Å²) in [5.74, 6) is 1.88. The van der Waals surface area contributed by atoms with E-state index in [2.05, 4.69) is 133 Å². The lowest BCUT2D eigenvalue weighted by molar-refractivity contribution is 1.07. The number of aryl methyl sites for hydroxylation is 1. The summed E-state index contributed by atoms with van der Waals surface area (Å²) in [7, 11) is 0. The number of benzene rings is 8. The van der Waals surface area contributed by atoms with Gasteiger partial charge in [0.05, 0.1) is 5.69 Å². The Morgan fingerprint density at radius 1 is 0.281 bits per heavy atom. The second-order valence-electron chi connectivity index (χ2n) is 14.3. The van der Waals surface area contributed by atoms with Crippen LogP contribution in [0, 0.1) is 6.92 Å². The molecule has 4 heteroatoms. The number of fused-ring (bicyclic) bond motifs is 3. The van der Waals surface area contributed by atoms with Crippen molar-refractivity contribution in [3.05, 3.63) is 206 Å². The molecule has 0 aliphatic carbocycles. The Balaban J connectivity index is 1.12. The monoisotopic (exact) mass is 728 g/mol. The SMILES string of the molecule is Cc1cccc(-c2ccc(-c3cc(-c4ccc(-c5cc6ccccc6c6ccccc56)cc4)cc(-c4nc(-c5ccccc5)nc(-c5ccccc5)n4)c3)cc2)n1. The zero-order valence-electron chi connectivity index (χ0n) is 31.3. The third-order valence-electron chi connectivity index (χ3n) is 10.6. The normalized spacial score (nSPS) is 11.2. The van der Waals surface area contributed by atoms with E-state index < -0.39 is 0 Å². The fourth-order valence-corrected chi connectivity index (χ4v) is 7.70. The highest BCUT2D eigenvalue weighted by molar-refractivity contribution is 6.13. The number of nitrogens with zero attached hydrogens (tertiary/aromatic N) is 4. The van der Waals surface area contributed by atoms with Crippen molar-refractivity contribution in [2.24, 2.45) is 0 Å². The van der Waals surface area contributed by atoms with E-state index in [1.54, 1.807) is 0 Å². The maximum absolute atomic E-state index is 5.11. The van der Waals surface area contributed by atoms with Gasteiger partial charge in [-0.2, -0.15) is 0 Å². The van der Waals surface area contributed by atoms with Crippen molar-refractivity contribution < 1.29 is 0 Å². The van der Waals surface area contributed by atoms with Crippen LogP contribution in [0.5, 0.6) is 0 Å². The predicted octanol–water partition coefficient (Wildman–Crippen LogP) is 13.6. The third-order valence-corrected chi connectivity index (χ3v) is 10.6. The molecule has 10 rings (SSSR count). The van der Waals surface area contributed by atoms with E-state index in [0.29, 0.717) is 17.5 Å². The fourth-order valence-electron chi connectivity index (χ4n) is 7.70. The minimum atomic E-state index is 0.616. The van der Waals surface area contributed by atoms with E-state index in [-0.39, 0.29) is 0 Å². The standard InChI is InChI=1S/C53H36N4/c1-35-13-12-22-50(54-35)39-29-25-37(26-30-39)44-31-43(36-23-27-38(28-24-36)49-34-42-18-8-9-19-46(42)47-20-10-11-21-48(47)49)32-45(33-44)53-56-51(40-14-4-2-5-15-40)55-52(57-53)41-16-6-3-7-17-41/h2-34H,1H3. The molecule has 0 saturated heterocycles. The Labute approximate surface area is 331 Å². The van der Waals surface area contributed by atoms with E-state index in [1.807, 2.05) is 73.7 Å². The number of aromatic nitrogens is 4. The summed E-state index contributed by atoms with van der Waals surface area (Å²) in [6.07, 6.45) is 0. The van der Waals surface area contributed by atoms with Crippen LogP contribution < -0.4 is 0 Å². The molecule has 57 heavy (non-hydrogen) atoms. The van der Waals surface area contributed by atoms with Gasteiger partial charge in [-0.3, -0.25) is 4.98 Å². The Bertz CT molecular complexity index is 2990. The van der Waals surface area contributed by atoms with Crippen LogP contribution in [0.3, 0.4) is 0 Å². The zero-order chi connectivity index (χ0) is 38.1. The lowest BCUT2D eigenvalue weighted by Gasteiger charge is -2.14. The third kappa shape index (κ3) is 6.75. The Hall–Kier alpha value is -7.56. The smallest absolute Gasteiger partial charge is 0.164 e. The highest BCUT2D eigenvalue weighted by Crippen LogP contribution is 2.38. The van der Waals surface area contributed by atoms with Crippen molar-refractivity contribution >= 4 is 21.5 Å². The van der Waals surface area contributed by atoms with E-state index in [1.165, 1.54) is 32.7 Å². The maximum atomic E-state index is 5.11. The zero-order valence-corrected chi connectivity index (χ0v) is 31.3. The predicted molar refractivity (Wildman–Crippen MR) is 235 cm³/mol. The fraction of sp³-hybridized carbons (Fsp3) is 0.0189. The van der Waals surface area contributed by atoms with Gasteiger partial charge < -0.3 is 0 Å². The second kappa shape index (κ2) is 14.6. The summed E-state index contributed by atoms with van der Waals surface area (Å²) in [5.41, 5.74) is 12.6. The maximum Gasteiger partial charge on any atom is 0.164 e. The summed E-state index contributed by atoms with van der Waals surface area (Å²) in [6, 6.07) is 70.3. The summed E-state index contributed by atoms with van der Waals surface area (Å²) in [5, 5.41) is 5.01. The molecule has 268 valence electrons. The van der Waals surface area contributed by atoms with Crippen LogP contribution in [0.2, 0.25) is 0 Å². The van der Waals surface area contributed by atoms with Gasteiger partial charge in [0.25, 0.3) is 0 Å². The van der Waals surface area contributed by atoms with Crippen LogP contribution in [0.25, 0.3) is 100 Å². The molecule has 4 nitrogen and oxygen atoms in total. The average Bonchev–Trinajstić information content (AvgIpc) is 3.29. The molecule has 0 aliphatic heterocycles. The number of pyridine rings is 1. The first kappa shape index (κ1) is 34.0. The van der Waals surface area contributed by atoms with Crippen molar-refractivity contribution in [3.63, 3.8) is 0 Å². The number of rotatable bonds is 7. The summed E-state index contributed by atoms with van der Waals surface area (Å²) >= 11 is 0. The van der Waals surface area contributed by atoms with Gasteiger partial charge in [-0.15, -0.1) is 0 Å². The first-order valence-corrected chi connectivity index (χ1v) is 19.2. The summed E-state index contributed by atoms with van der Waals surface area (Å²) < 4.78 is 0. The van der Waals surface area contributed by atoms with Crippen molar-refractivity contribution in [3.8, 4) is 78.8 Å². The molecule has 0 aliphatic rings. The van der Waals surface area contributed by atoms with Gasteiger partial charge in [0, 0.05) is 27.9 Å². The molecule has 0 fully saturated rings. The van der Waals surface area contributed by atoms with Gasteiger partial charge in [-0.25, -0.2) is 15.0 Å². The van der Waals surface area contributed by atoms with Gasteiger partial charge in [0.2, 0.25) is 0 Å². The first-order chi connectivity index (χ1) is 28.1. The van der Waals surface area contributed by atoms with Crippen LogP contribution >= 0.6 is 0 Å². The van der Waals surface area contributed by atoms with Crippen LogP contribution in [0.4, 0.5) is 0 Å². The molecular formula is C53H36N4. The first-order valence-electron chi connectivity index (χ1n) is 19.2. The molecule has 0 atom stereocenters. The van der Waals surface area contributed by atoms with Gasteiger partial charge in [0.15, 0.2) is 17.5 Å². The molecular weight excluding hydrogens is 693 g/mol. The van der Waals surface area contributed by atoms with Crippen molar-refractivity contribution in [2.75, 3.05) is 0 Å². The lowest BCUT2D eigenvalue weighted by Crippen LogP contribution is -2.00. The minimum Gasteiger partial charge on any atom is -0.253 e. The van der Waals surface area contributed by atoms with Crippen LogP contribution in [-0.2, 0) is 0 Å². The lowest BCUT2D eigenvalue weighted by atomic mass is 9.91. The molecule has 10 aromatic rings. The molecule has 0 bridgehead atoms. The van der Waals surface area contributed by atoms with Gasteiger partial charge in [-0.1, -0.05) is 164 Å². The van der Waals surface area contributed by atoms with Crippen LogP contribution in [-0.4, -0.2) is 19.9 Å². The number of hydrogen-bond acceptors (Lipinski definition) is 4. The van der Waals surface area contributed by atoms with E-state index >= 15 is 0 Å². The molecule has 2 aromatic heterocycles. The summed E-state index contributed by atoms with van der Waals surface area (Å²) in [6.45, 7) is 2.02. The Morgan fingerprint density at radius 3 is 1.35 bits per heavy atom. The number of hydrogen-bond donors (Lipinski definition) is 0. The van der Waals surface area contributed by atoms with E-state index in [9.17, 15) is 0 Å². The van der Waals surface area contributed by atoms with Crippen LogP contribution in [0.15, 0.2) is 200 Å². The quantitative estimate of drug-likeness (QED) is 0.153. The summed E-state index contributed by atoms with van der Waals surface area (Å²) in [4.78, 5) is 19.9. The molecule has 0 unspecified atom stereocenters. The van der Waals surface area contributed by atoms with Gasteiger partial charge >= 0.3 is 0 Å². The van der Waals surface area contributed by atoms with E-state index in [0.717, 1.165) is 55.9 Å². The van der Waals surface area contributed by atoms with Gasteiger partial charge in [-0.05, 0) is 98.2 Å². The minimum absolute atomic E-state index is 0.616. The molecule has 8 aromatic carbocycles. The molecule has 0 radical (unpaired) electrons. The highest BCUT2D eigenvalue weighted by atomic mass is 15.0. The van der Waals surface area contributed by atoms with Crippen molar-refractivity contribution in [1.82, 2.24) is 19.9 Å². The molecule has 0 spiro atoms. The Kier molecular flexibility index (Phi) is 8.69. The molecule has 0 N–H and O–H groups in total. The molecule has 0 amide bonds. The highest BCUT2D eigenvalue weighted by Gasteiger charge is 2.16. The largest absolute Gasteiger partial charge is 0.253 e. The van der Waals surface area contributed by atoms with E-state index in [4.69, 9.17) is 19.9 Å². The molecule has 2 heterocycles. The average molecular weight is 729 g/mol. The second-order valence-corrected chi connectivity index (χ2v) is 14.3. The van der Waals surface area contributed by atoms with Crippen molar-refractivity contribution in [2.45, 2.75) is 6.92 Å².